The van der Waals surface area contributed by atoms with E-state index in [-0.39, 0.29) is 11.8 Å². The molecule has 0 bridgehead atoms. The number of carbonyl (C=O) groups is 2. The number of imide groups is 1. The molecule has 2 heterocycles. The SMILES string of the molecule is CC(C)c1ccc(CN2N=NC3C(=O)N(c4ccccc4)C(=O)C32)cc1. The molecule has 2 atom stereocenters. The fourth-order valence-electron chi connectivity index (χ4n) is 3.38. The summed E-state index contributed by atoms with van der Waals surface area (Å²) in [6, 6.07) is 15.8. The predicted octanol–water partition coefficient (Wildman–Crippen LogP) is 3.30. The zero-order chi connectivity index (χ0) is 18.3. The molecule has 26 heavy (non-hydrogen) atoms. The van der Waals surface area contributed by atoms with Gasteiger partial charge in [-0.05, 0) is 29.2 Å². The first kappa shape index (κ1) is 16.4. The average molecular weight is 348 g/mol. The Morgan fingerprint density at radius 3 is 2.31 bits per heavy atom. The third-order valence-corrected chi connectivity index (χ3v) is 4.86. The first-order valence-electron chi connectivity index (χ1n) is 8.75. The highest BCUT2D eigenvalue weighted by molar-refractivity contribution is 6.25. The fraction of sp³-hybridized carbons (Fsp3) is 0.300. The lowest BCUT2D eigenvalue weighted by Crippen LogP contribution is -2.39. The highest BCUT2D eigenvalue weighted by Crippen LogP contribution is 2.32. The topological polar surface area (TPSA) is 65.3 Å². The van der Waals surface area contributed by atoms with Crippen LogP contribution in [0.3, 0.4) is 0 Å². The van der Waals surface area contributed by atoms with Crippen molar-refractivity contribution in [3.8, 4) is 0 Å². The van der Waals surface area contributed by atoms with Gasteiger partial charge in [0.05, 0.1) is 12.2 Å². The molecule has 0 saturated carbocycles. The van der Waals surface area contributed by atoms with Crippen LogP contribution in [0.15, 0.2) is 64.9 Å². The van der Waals surface area contributed by atoms with Gasteiger partial charge in [-0.15, -0.1) is 0 Å². The number of hydrogen-bond acceptors (Lipinski definition) is 5. The van der Waals surface area contributed by atoms with Crippen LogP contribution in [0.2, 0.25) is 0 Å². The lowest BCUT2D eigenvalue weighted by atomic mass is 10.0. The second-order valence-corrected chi connectivity index (χ2v) is 6.94. The Bertz CT molecular complexity index is 861. The number of hydrogen-bond donors (Lipinski definition) is 0. The van der Waals surface area contributed by atoms with E-state index in [4.69, 9.17) is 0 Å². The fourth-order valence-corrected chi connectivity index (χ4v) is 3.38. The number of para-hydroxylation sites is 1. The van der Waals surface area contributed by atoms with E-state index in [1.54, 1.807) is 29.3 Å². The van der Waals surface area contributed by atoms with Crippen molar-refractivity contribution < 1.29 is 9.59 Å². The van der Waals surface area contributed by atoms with Crippen LogP contribution in [0.4, 0.5) is 5.69 Å². The Morgan fingerprint density at radius 1 is 0.962 bits per heavy atom. The van der Waals surface area contributed by atoms with Crippen molar-refractivity contribution in [2.24, 2.45) is 10.3 Å². The van der Waals surface area contributed by atoms with Crippen LogP contribution >= 0.6 is 0 Å². The predicted molar refractivity (Wildman–Crippen MR) is 97.4 cm³/mol. The van der Waals surface area contributed by atoms with E-state index in [1.165, 1.54) is 10.5 Å². The standard InChI is InChI=1S/C20H20N4O2/c1-13(2)15-10-8-14(9-11-15)12-23-18-17(21-22-23)19(25)24(20(18)26)16-6-4-3-5-7-16/h3-11,13,17-18H,12H2,1-2H3. The molecule has 0 N–H and O–H groups in total. The van der Waals surface area contributed by atoms with E-state index >= 15 is 0 Å². The first-order valence-corrected chi connectivity index (χ1v) is 8.75. The van der Waals surface area contributed by atoms with Crippen LogP contribution < -0.4 is 4.90 Å². The summed E-state index contributed by atoms with van der Waals surface area (Å²) in [4.78, 5) is 26.7. The van der Waals surface area contributed by atoms with Gasteiger partial charge in [0.25, 0.3) is 11.8 Å². The van der Waals surface area contributed by atoms with Crippen LogP contribution in [-0.4, -0.2) is 28.9 Å². The summed E-state index contributed by atoms with van der Waals surface area (Å²) < 4.78 is 0. The minimum atomic E-state index is -0.752. The number of anilines is 1. The van der Waals surface area contributed by atoms with Gasteiger partial charge in [-0.1, -0.05) is 61.5 Å². The first-order chi connectivity index (χ1) is 12.6. The van der Waals surface area contributed by atoms with Gasteiger partial charge in [-0.2, -0.15) is 5.11 Å². The van der Waals surface area contributed by atoms with Gasteiger partial charge < -0.3 is 0 Å². The van der Waals surface area contributed by atoms with E-state index in [9.17, 15) is 9.59 Å². The van der Waals surface area contributed by atoms with Gasteiger partial charge in [0, 0.05) is 0 Å². The van der Waals surface area contributed by atoms with E-state index in [2.05, 4.69) is 36.3 Å². The third-order valence-electron chi connectivity index (χ3n) is 4.86. The van der Waals surface area contributed by atoms with Crippen molar-refractivity contribution in [2.45, 2.75) is 38.4 Å². The van der Waals surface area contributed by atoms with Crippen LogP contribution in [-0.2, 0) is 16.1 Å². The molecule has 0 aliphatic carbocycles. The monoisotopic (exact) mass is 348 g/mol. The molecule has 2 aromatic carbocycles. The van der Waals surface area contributed by atoms with Crippen molar-refractivity contribution in [1.82, 2.24) is 5.01 Å². The summed E-state index contributed by atoms with van der Waals surface area (Å²) in [5.74, 6) is -0.115. The van der Waals surface area contributed by atoms with E-state index in [0.29, 0.717) is 18.2 Å². The number of carbonyl (C=O) groups excluding carboxylic acids is 2. The van der Waals surface area contributed by atoms with Crippen molar-refractivity contribution >= 4 is 17.5 Å². The van der Waals surface area contributed by atoms with Gasteiger partial charge in [0.1, 0.15) is 0 Å². The van der Waals surface area contributed by atoms with Crippen molar-refractivity contribution in [3.63, 3.8) is 0 Å². The summed E-state index contributed by atoms with van der Waals surface area (Å²) in [7, 11) is 0. The maximum Gasteiger partial charge on any atom is 0.263 e. The third kappa shape index (κ3) is 2.67. The lowest BCUT2D eigenvalue weighted by molar-refractivity contribution is -0.123. The molecule has 0 radical (unpaired) electrons. The second-order valence-electron chi connectivity index (χ2n) is 6.94. The molecule has 2 unspecified atom stereocenters. The minimum absolute atomic E-state index is 0.269. The molecule has 4 rings (SSSR count). The van der Waals surface area contributed by atoms with Crippen LogP contribution in [0, 0.1) is 0 Å². The molecule has 2 aromatic rings. The zero-order valence-electron chi connectivity index (χ0n) is 14.7. The Hall–Kier alpha value is -3.02. The molecule has 2 amide bonds. The van der Waals surface area contributed by atoms with Crippen LogP contribution in [0.1, 0.15) is 30.9 Å². The second kappa shape index (κ2) is 6.37. The smallest absolute Gasteiger partial charge is 0.263 e. The van der Waals surface area contributed by atoms with Crippen molar-refractivity contribution in [1.29, 1.82) is 0 Å². The number of nitrogens with zero attached hydrogens (tertiary/aromatic N) is 4. The molecule has 132 valence electrons. The lowest BCUT2D eigenvalue weighted by Gasteiger charge is -2.20. The maximum atomic E-state index is 12.9. The summed E-state index contributed by atoms with van der Waals surface area (Å²) in [5.41, 5.74) is 2.87. The van der Waals surface area contributed by atoms with Gasteiger partial charge in [-0.3, -0.25) is 14.6 Å². The molecule has 6 nitrogen and oxygen atoms in total. The summed E-state index contributed by atoms with van der Waals surface area (Å²) in [6.07, 6.45) is 0. The number of rotatable bonds is 4. The van der Waals surface area contributed by atoms with Crippen LogP contribution in [0.5, 0.6) is 0 Å². The summed E-state index contributed by atoms with van der Waals surface area (Å²) in [6.45, 7) is 4.75. The molecule has 1 saturated heterocycles. The number of amides is 2. The molecule has 0 spiro atoms. The van der Waals surface area contributed by atoms with E-state index in [1.807, 2.05) is 18.2 Å². The average Bonchev–Trinajstić information content (AvgIpc) is 3.16. The molecule has 1 fully saturated rings. The quantitative estimate of drug-likeness (QED) is 0.796. The van der Waals surface area contributed by atoms with Gasteiger partial charge in [0.15, 0.2) is 12.1 Å². The Kier molecular flexibility index (Phi) is 4.03. The largest absolute Gasteiger partial charge is 0.271 e. The summed E-state index contributed by atoms with van der Waals surface area (Å²) in [5, 5.41) is 9.78. The van der Waals surface area contributed by atoms with Crippen molar-refractivity contribution in [3.05, 3.63) is 65.7 Å². The minimum Gasteiger partial charge on any atom is -0.271 e. The Labute approximate surface area is 152 Å². The normalized spacial score (nSPS) is 21.8. The Balaban J connectivity index is 1.55. The molecule has 2 aliphatic rings. The highest BCUT2D eigenvalue weighted by atomic mass is 16.2. The van der Waals surface area contributed by atoms with Gasteiger partial charge in [0.2, 0.25) is 0 Å². The van der Waals surface area contributed by atoms with E-state index in [0.717, 1.165) is 5.56 Å². The zero-order valence-corrected chi connectivity index (χ0v) is 14.7. The summed E-state index contributed by atoms with van der Waals surface area (Å²) >= 11 is 0. The highest BCUT2D eigenvalue weighted by Gasteiger charge is 2.54. The molecular formula is C20H20N4O2. The Morgan fingerprint density at radius 2 is 1.65 bits per heavy atom. The number of fused-ring (bicyclic) bond motifs is 1. The van der Waals surface area contributed by atoms with Gasteiger partial charge >= 0.3 is 0 Å². The van der Waals surface area contributed by atoms with Gasteiger partial charge in [-0.25, -0.2) is 4.90 Å². The maximum absolute atomic E-state index is 12.9. The molecular weight excluding hydrogens is 328 g/mol. The van der Waals surface area contributed by atoms with Crippen molar-refractivity contribution in [2.75, 3.05) is 4.90 Å². The molecule has 6 heteroatoms. The van der Waals surface area contributed by atoms with Crippen LogP contribution in [0.25, 0.3) is 0 Å². The van der Waals surface area contributed by atoms with E-state index < -0.39 is 12.1 Å². The molecule has 2 aliphatic heterocycles. The molecule has 0 aromatic heterocycles. The number of benzene rings is 2.